The summed E-state index contributed by atoms with van der Waals surface area (Å²) in [5.41, 5.74) is 1.09. The molecule has 0 spiro atoms. The van der Waals surface area contributed by atoms with Gasteiger partial charge in [0, 0.05) is 39.2 Å². The van der Waals surface area contributed by atoms with E-state index in [4.69, 9.17) is 28.9 Å². The number of aromatic nitrogens is 4. The van der Waals surface area contributed by atoms with Gasteiger partial charge in [-0.05, 0) is 70.1 Å². The van der Waals surface area contributed by atoms with Gasteiger partial charge in [0.05, 0.1) is 23.6 Å². The average molecular weight is 589 g/mol. The molecule has 0 bridgehead atoms. The fraction of sp³-hybridized carbons (Fsp3) is 0.833. The Labute approximate surface area is 245 Å². The third-order valence-corrected chi connectivity index (χ3v) is 15.3. The van der Waals surface area contributed by atoms with Crippen LogP contribution in [0.2, 0.25) is 18.1 Å². The zero-order valence-corrected chi connectivity index (χ0v) is 27.1. The van der Waals surface area contributed by atoms with Crippen LogP contribution in [-0.2, 0) is 9.16 Å². The van der Waals surface area contributed by atoms with Crippen LogP contribution in [0, 0.1) is 0 Å². The molecule has 11 heteroatoms. The Balaban J connectivity index is 1.32. The van der Waals surface area contributed by atoms with Crippen molar-refractivity contribution in [2.45, 2.75) is 120 Å². The van der Waals surface area contributed by atoms with Crippen molar-refractivity contribution in [1.82, 2.24) is 24.4 Å². The largest absolute Gasteiger partial charge is 0.461 e. The highest BCUT2D eigenvalue weighted by Crippen LogP contribution is 2.44. The monoisotopic (exact) mass is 588 g/mol. The first-order chi connectivity index (χ1) is 19.3. The first-order valence-electron chi connectivity index (χ1n) is 15.6. The maximum atomic E-state index is 14.4. The molecule has 3 atom stereocenters. The van der Waals surface area contributed by atoms with E-state index in [1.807, 2.05) is 6.33 Å². The van der Waals surface area contributed by atoms with E-state index in [1.54, 1.807) is 7.11 Å². The zero-order chi connectivity index (χ0) is 29.2. The summed E-state index contributed by atoms with van der Waals surface area (Å²) in [6.45, 7) is 17.3. The number of ether oxygens (including phenoxy) is 2. The highest BCUT2D eigenvalue weighted by atomic mass is 28.4. The predicted molar refractivity (Wildman–Crippen MR) is 161 cm³/mol. The molecule has 6 rings (SSSR count). The van der Waals surface area contributed by atoms with Crippen molar-refractivity contribution in [3.63, 3.8) is 0 Å². The summed E-state index contributed by atoms with van der Waals surface area (Å²) in [5, 5.41) is 0.134. The van der Waals surface area contributed by atoms with E-state index >= 15 is 0 Å². The quantitative estimate of drug-likeness (QED) is 0.374. The second kappa shape index (κ2) is 10.4. The number of fused-ring (bicyclic) bond motifs is 2. The van der Waals surface area contributed by atoms with Gasteiger partial charge in [-0.25, -0.2) is 9.37 Å². The number of nitrogens with zero attached hydrogens (tertiary/aromatic N) is 6. The fourth-order valence-electron chi connectivity index (χ4n) is 7.31. The normalized spacial score (nSPS) is 32.9. The van der Waals surface area contributed by atoms with Crippen LogP contribution in [-0.4, -0.2) is 96.0 Å². The molecule has 0 amide bonds. The third kappa shape index (κ3) is 5.40. The molecule has 4 aliphatic rings. The lowest BCUT2D eigenvalue weighted by molar-refractivity contribution is 0.00732. The Bertz CT molecular complexity index is 1260. The molecule has 4 fully saturated rings. The van der Waals surface area contributed by atoms with E-state index in [9.17, 15) is 4.39 Å². The van der Waals surface area contributed by atoms with Crippen molar-refractivity contribution in [3.8, 4) is 6.01 Å². The van der Waals surface area contributed by atoms with Crippen molar-refractivity contribution in [2.75, 3.05) is 44.8 Å². The number of imidazole rings is 1. The molecule has 0 aromatic carbocycles. The Kier molecular flexibility index (Phi) is 7.43. The van der Waals surface area contributed by atoms with Crippen molar-refractivity contribution in [3.05, 3.63) is 6.33 Å². The number of methoxy groups -OCH3 is 1. The second-order valence-electron chi connectivity index (χ2n) is 14.8. The molecule has 9 nitrogen and oxygen atoms in total. The molecule has 5 heterocycles. The van der Waals surface area contributed by atoms with Gasteiger partial charge in [0.15, 0.2) is 19.8 Å². The maximum Gasteiger partial charge on any atom is 0.320 e. The smallest absolute Gasteiger partial charge is 0.320 e. The van der Waals surface area contributed by atoms with Crippen LogP contribution in [0.15, 0.2) is 6.33 Å². The Morgan fingerprint density at radius 3 is 2.61 bits per heavy atom. The molecule has 0 radical (unpaired) electrons. The van der Waals surface area contributed by atoms with Gasteiger partial charge in [-0.2, -0.15) is 9.97 Å². The third-order valence-electron chi connectivity index (χ3n) is 10.7. The molecule has 41 heavy (non-hydrogen) atoms. The fourth-order valence-corrected chi connectivity index (χ4v) is 9.02. The Hall–Kier alpha value is -1.82. The molecular weight excluding hydrogens is 539 g/mol. The molecule has 1 saturated carbocycles. The minimum Gasteiger partial charge on any atom is -0.461 e. The highest BCUT2D eigenvalue weighted by molar-refractivity contribution is 6.74. The number of alkyl halides is 1. The van der Waals surface area contributed by atoms with Gasteiger partial charge in [-0.3, -0.25) is 4.90 Å². The summed E-state index contributed by atoms with van der Waals surface area (Å²) in [6, 6.07) is 0.645. The van der Waals surface area contributed by atoms with Crippen LogP contribution < -0.4 is 9.64 Å². The van der Waals surface area contributed by atoms with Crippen molar-refractivity contribution in [2.24, 2.45) is 0 Å². The van der Waals surface area contributed by atoms with E-state index in [2.05, 4.69) is 55.2 Å². The average Bonchev–Trinajstić information content (AvgIpc) is 3.52. The standard InChI is InChI=1S/C30H49FN6O3Si/c1-28(2,3)41(6,7)40-29(4)10-8-12-35(18-29)26-24-25(32-20-37(24)22-14-23(15-22)38-5)33-27(34-26)39-19-30-11-9-13-36(30)17-21(31)16-30/h20-23H,8-19H2,1-7H3/t21-,22?,23?,29-,30+/m1/s1. The first kappa shape index (κ1) is 29.3. The summed E-state index contributed by atoms with van der Waals surface area (Å²) in [5.74, 6) is 0.865. The maximum absolute atomic E-state index is 14.4. The topological polar surface area (TPSA) is 77.8 Å². The van der Waals surface area contributed by atoms with E-state index < -0.39 is 14.5 Å². The summed E-state index contributed by atoms with van der Waals surface area (Å²) >= 11 is 0. The van der Waals surface area contributed by atoms with Gasteiger partial charge in [-0.1, -0.05) is 20.8 Å². The van der Waals surface area contributed by atoms with Crippen LogP contribution in [0.25, 0.3) is 11.2 Å². The summed E-state index contributed by atoms with van der Waals surface area (Å²) in [7, 11) is -0.202. The number of anilines is 1. The molecular formula is C30H49FN6O3Si. The zero-order valence-electron chi connectivity index (χ0n) is 26.1. The Morgan fingerprint density at radius 2 is 1.88 bits per heavy atom. The van der Waals surface area contributed by atoms with E-state index in [0.717, 1.165) is 69.5 Å². The van der Waals surface area contributed by atoms with E-state index in [-0.39, 0.29) is 22.3 Å². The SMILES string of the molecule is COC1CC(n2cnc3nc(OC[C@@]45CCCN4C[C@H](F)C5)nc(N4CCC[C@@](C)(O[Si](C)(C)C(C)(C)C)C4)c32)C1. The van der Waals surface area contributed by atoms with Gasteiger partial charge < -0.3 is 23.4 Å². The first-order valence-corrected chi connectivity index (χ1v) is 18.5. The lowest BCUT2D eigenvalue weighted by Gasteiger charge is -2.48. The molecule has 3 aliphatic heterocycles. The number of hydrogen-bond acceptors (Lipinski definition) is 8. The number of rotatable bonds is 8. The molecule has 228 valence electrons. The van der Waals surface area contributed by atoms with Crippen LogP contribution >= 0.6 is 0 Å². The summed E-state index contributed by atoms with van der Waals surface area (Å²) < 4.78 is 35.6. The van der Waals surface area contributed by atoms with E-state index in [0.29, 0.717) is 37.3 Å². The molecule has 3 saturated heterocycles. The second-order valence-corrected chi connectivity index (χ2v) is 19.6. The van der Waals surface area contributed by atoms with Crippen LogP contribution in [0.3, 0.4) is 0 Å². The van der Waals surface area contributed by atoms with Crippen LogP contribution in [0.1, 0.15) is 78.7 Å². The van der Waals surface area contributed by atoms with Crippen molar-refractivity contribution in [1.29, 1.82) is 0 Å². The molecule has 2 aromatic rings. The molecule has 1 aliphatic carbocycles. The highest BCUT2D eigenvalue weighted by Gasteiger charge is 2.50. The van der Waals surface area contributed by atoms with Gasteiger partial charge in [0.2, 0.25) is 0 Å². The number of hydrogen-bond donors (Lipinski definition) is 0. The number of piperidine rings is 1. The van der Waals surface area contributed by atoms with Crippen molar-refractivity contribution < 1.29 is 18.3 Å². The lowest BCUT2D eigenvalue weighted by Crippen LogP contribution is -2.55. The van der Waals surface area contributed by atoms with Gasteiger partial charge >= 0.3 is 6.01 Å². The number of halogens is 1. The van der Waals surface area contributed by atoms with Gasteiger partial charge in [0.1, 0.15) is 18.3 Å². The predicted octanol–water partition coefficient (Wildman–Crippen LogP) is 5.51. The summed E-state index contributed by atoms with van der Waals surface area (Å²) in [4.78, 5) is 19.2. The minimum absolute atomic E-state index is 0.134. The minimum atomic E-state index is -1.98. The molecule has 0 unspecified atom stereocenters. The van der Waals surface area contributed by atoms with E-state index in [1.165, 1.54) is 0 Å². The summed E-state index contributed by atoms with van der Waals surface area (Å²) in [6.07, 6.45) is 7.89. The van der Waals surface area contributed by atoms with Crippen LogP contribution in [0.4, 0.5) is 10.2 Å². The van der Waals surface area contributed by atoms with Crippen LogP contribution in [0.5, 0.6) is 6.01 Å². The lowest BCUT2D eigenvalue weighted by atomic mass is 9.89. The van der Waals surface area contributed by atoms with Gasteiger partial charge in [0.25, 0.3) is 0 Å². The molecule has 2 aromatic heterocycles. The van der Waals surface area contributed by atoms with Gasteiger partial charge in [-0.15, -0.1) is 0 Å². The Morgan fingerprint density at radius 1 is 1.12 bits per heavy atom. The van der Waals surface area contributed by atoms with Crippen molar-refractivity contribution >= 4 is 25.3 Å². The molecule has 0 N–H and O–H groups in total.